The van der Waals surface area contributed by atoms with Crippen molar-refractivity contribution in [2.24, 2.45) is 34.5 Å². The van der Waals surface area contributed by atoms with Crippen LogP contribution in [-0.4, -0.2) is 163 Å². The zero-order valence-electron chi connectivity index (χ0n) is 41.4. The van der Waals surface area contributed by atoms with E-state index in [1.54, 1.807) is 35.0 Å². The van der Waals surface area contributed by atoms with Crippen molar-refractivity contribution in [1.82, 2.24) is 0 Å². The Morgan fingerprint density at radius 2 is 1.33 bits per heavy atom. The number of aliphatic hydroxyl groups excluding tert-OH is 2. The van der Waals surface area contributed by atoms with E-state index in [0.717, 1.165) is 32.1 Å². The average Bonchev–Trinajstić information content (AvgIpc) is 3.50. The Hall–Kier alpha value is -1.58. The summed E-state index contributed by atoms with van der Waals surface area (Å²) in [5, 5.41) is 47.0. The Kier molecular flexibility index (Phi) is 16.0. The van der Waals surface area contributed by atoms with Crippen molar-refractivity contribution in [3.8, 4) is 0 Å². The smallest absolute Gasteiger partial charge is 0.309 e. The molecule has 66 heavy (non-hydrogen) atoms. The molecule has 380 valence electrons. The van der Waals surface area contributed by atoms with Crippen LogP contribution in [0.1, 0.15) is 133 Å². The minimum atomic E-state index is -1.61. The Morgan fingerprint density at radius 1 is 0.712 bits per heavy atom. The van der Waals surface area contributed by atoms with Gasteiger partial charge in [0.15, 0.2) is 18.9 Å². The molecule has 3 aliphatic heterocycles. The lowest BCUT2D eigenvalue weighted by atomic mass is 9.42. The number of carbonyl (C=O) groups excluding carboxylic acids is 2. The van der Waals surface area contributed by atoms with E-state index in [-0.39, 0.29) is 53.7 Å². The second-order valence-corrected chi connectivity index (χ2v) is 21.5. The summed E-state index contributed by atoms with van der Waals surface area (Å²) in [6.45, 7) is 16.5. The van der Waals surface area contributed by atoms with Gasteiger partial charge in [-0.2, -0.15) is 0 Å². The van der Waals surface area contributed by atoms with Crippen LogP contribution in [0.3, 0.4) is 0 Å². The van der Waals surface area contributed by atoms with Crippen LogP contribution in [0, 0.1) is 34.5 Å². The molecule has 4 saturated carbocycles. The van der Waals surface area contributed by atoms with Gasteiger partial charge in [0.1, 0.15) is 48.3 Å². The van der Waals surface area contributed by atoms with E-state index < -0.39 is 109 Å². The van der Waals surface area contributed by atoms with Gasteiger partial charge in [0.25, 0.3) is 0 Å². The first-order valence-corrected chi connectivity index (χ1v) is 24.8. The predicted molar refractivity (Wildman–Crippen MR) is 235 cm³/mol. The highest BCUT2D eigenvalue weighted by molar-refractivity contribution is 5.72. The SMILES string of the molecule is CC[C@H](C)C(=O)O[C@H](C)[C@]1(O)CC[C@]2(O)[C@@H]3CC[C@H]4C[C@@H](O[C@H]5C[C@H](OC)[C@H](O[C@H]6C[C@@H](OC)[C@H](O[C@@H]7O[C@H](C)[C@@H](O)[C@H](OC)[C@H]7O)[C@@H](C)O6)[C@@H](C)O5)CC[C@]4(C)[C@H]3C[C@@H](OC(C)=O)[C@]12C. The number of ether oxygens (including phenoxy) is 11. The van der Waals surface area contributed by atoms with E-state index in [0.29, 0.717) is 32.1 Å². The summed E-state index contributed by atoms with van der Waals surface area (Å²) < 4.78 is 67.6. The molecular weight excluding hydrogens is 861 g/mol. The number of carbonyl (C=O) groups is 2. The van der Waals surface area contributed by atoms with Gasteiger partial charge in [-0.25, -0.2) is 0 Å². The highest BCUT2D eigenvalue weighted by atomic mass is 16.8. The second kappa shape index (κ2) is 20.3. The zero-order chi connectivity index (χ0) is 48.3. The summed E-state index contributed by atoms with van der Waals surface area (Å²) in [7, 11) is 4.67. The molecule has 3 saturated heterocycles. The molecule has 0 unspecified atom stereocenters. The number of esters is 2. The maximum Gasteiger partial charge on any atom is 0.309 e. The predicted octanol–water partition coefficient (Wildman–Crippen LogP) is 4.33. The molecule has 24 atom stereocenters. The Balaban J connectivity index is 0.971. The first-order valence-electron chi connectivity index (χ1n) is 24.8. The van der Waals surface area contributed by atoms with E-state index in [4.69, 9.17) is 52.1 Å². The van der Waals surface area contributed by atoms with Gasteiger partial charge in [0.2, 0.25) is 0 Å². The van der Waals surface area contributed by atoms with Crippen molar-refractivity contribution < 1.29 is 82.1 Å². The van der Waals surface area contributed by atoms with Crippen LogP contribution >= 0.6 is 0 Å². The van der Waals surface area contributed by atoms with Crippen LogP contribution in [0.5, 0.6) is 0 Å². The second-order valence-electron chi connectivity index (χ2n) is 21.5. The molecule has 4 N–H and O–H groups in total. The first kappa shape index (κ1) is 52.2. The van der Waals surface area contributed by atoms with Gasteiger partial charge in [-0.15, -0.1) is 0 Å². The third-order valence-corrected chi connectivity index (χ3v) is 18.2. The van der Waals surface area contributed by atoms with E-state index in [9.17, 15) is 30.0 Å². The van der Waals surface area contributed by atoms with Gasteiger partial charge >= 0.3 is 11.9 Å². The van der Waals surface area contributed by atoms with Crippen LogP contribution in [0.4, 0.5) is 0 Å². The van der Waals surface area contributed by atoms with Crippen LogP contribution in [-0.2, 0) is 61.7 Å². The summed E-state index contributed by atoms with van der Waals surface area (Å²) in [4.78, 5) is 25.8. The molecule has 7 rings (SSSR count). The van der Waals surface area contributed by atoms with Crippen molar-refractivity contribution in [3.63, 3.8) is 0 Å². The minimum Gasteiger partial charge on any atom is -0.462 e. The normalized spacial score (nSPS) is 50.3. The van der Waals surface area contributed by atoms with Gasteiger partial charge in [0.05, 0.1) is 53.6 Å². The Bertz CT molecular complexity index is 1670. The summed E-state index contributed by atoms with van der Waals surface area (Å²) >= 11 is 0. The number of rotatable bonds is 14. The molecular formula is C49H82O17. The van der Waals surface area contributed by atoms with E-state index in [1.807, 2.05) is 27.7 Å². The Morgan fingerprint density at radius 3 is 1.92 bits per heavy atom. The van der Waals surface area contributed by atoms with Crippen LogP contribution in [0.15, 0.2) is 0 Å². The molecule has 0 spiro atoms. The van der Waals surface area contributed by atoms with Crippen molar-refractivity contribution in [1.29, 1.82) is 0 Å². The molecule has 0 bridgehead atoms. The first-order chi connectivity index (χ1) is 31.1. The summed E-state index contributed by atoms with van der Waals surface area (Å²) in [5.41, 5.74) is -4.41. The Labute approximate surface area is 391 Å². The lowest BCUT2D eigenvalue weighted by Crippen LogP contribution is -2.72. The van der Waals surface area contributed by atoms with Crippen molar-refractivity contribution >= 4 is 11.9 Å². The standard InChI is InChI=1S/C49H82O17/c1-13-24(2)44(53)62-28(6)48(54)18-19-49(55)32-15-14-30-20-31(16-17-46(30,8)33(32)21-36(47(48,49)9)63-29(7)50)64-37-22-34(56-10)41(26(4)59-37)65-38-23-35(57-11)42(27(5)60-38)66-45-40(52)43(58-12)39(51)25(3)61-45/h24-28,30-43,45,51-52,54-55H,13-23H2,1-12H3/t24-,25+,26+,27+,28+,30-,31-,32+,33-,34-,35+,36+,37-,38-,39+,40+,41+,42+,43-,45-,46-,47+,48+,49-/m0/s1. The molecule has 17 heteroatoms. The molecule has 4 aliphatic carbocycles. The third kappa shape index (κ3) is 9.15. The molecule has 0 amide bonds. The third-order valence-electron chi connectivity index (χ3n) is 18.2. The fraction of sp³-hybridized carbons (Fsp3) is 0.959. The number of fused-ring (bicyclic) bond motifs is 5. The van der Waals surface area contributed by atoms with Gasteiger partial charge in [0, 0.05) is 41.1 Å². The van der Waals surface area contributed by atoms with E-state index in [2.05, 4.69) is 6.92 Å². The topological polar surface area (TPSA) is 217 Å². The van der Waals surface area contributed by atoms with Gasteiger partial charge in [-0.05, 0) is 109 Å². The van der Waals surface area contributed by atoms with Crippen molar-refractivity contribution in [3.05, 3.63) is 0 Å². The number of aliphatic hydroxyl groups is 4. The molecule has 7 aliphatic rings. The van der Waals surface area contributed by atoms with Crippen molar-refractivity contribution in [2.75, 3.05) is 21.3 Å². The molecule has 3 heterocycles. The van der Waals surface area contributed by atoms with Crippen molar-refractivity contribution in [2.45, 2.75) is 242 Å². The van der Waals surface area contributed by atoms with Crippen LogP contribution in [0.2, 0.25) is 0 Å². The molecule has 7 fully saturated rings. The highest BCUT2D eigenvalue weighted by Crippen LogP contribution is 2.71. The van der Waals surface area contributed by atoms with E-state index in [1.165, 1.54) is 14.0 Å². The largest absolute Gasteiger partial charge is 0.462 e. The average molecular weight is 943 g/mol. The summed E-state index contributed by atoms with van der Waals surface area (Å²) in [5.74, 6) is -1.02. The lowest BCUT2D eigenvalue weighted by molar-refractivity contribution is -0.352. The summed E-state index contributed by atoms with van der Waals surface area (Å²) in [6.07, 6.45) is -4.11. The van der Waals surface area contributed by atoms with Crippen LogP contribution < -0.4 is 0 Å². The highest BCUT2D eigenvalue weighted by Gasteiger charge is 2.77. The molecule has 17 nitrogen and oxygen atoms in total. The van der Waals surface area contributed by atoms with Crippen LogP contribution in [0.25, 0.3) is 0 Å². The molecule has 0 aromatic carbocycles. The molecule has 0 radical (unpaired) electrons. The number of methoxy groups -OCH3 is 3. The zero-order valence-corrected chi connectivity index (χ0v) is 41.4. The molecule has 0 aromatic heterocycles. The van der Waals surface area contributed by atoms with Gasteiger partial charge in [-0.1, -0.05) is 27.7 Å². The fourth-order valence-corrected chi connectivity index (χ4v) is 13.9. The minimum absolute atomic E-state index is 0.0267. The van der Waals surface area contributed by atoms with Gasteiger partial charge < -0.3 is 72.5 Å². The number of hydrogen-bond donors (Lipinski definition) is 4. The quantitative estimate of drug-likeness (QED) is 0.141. The monoisotopic (exact) mass is 943 g/mol. The maximum atomic E-state index is 13.0. The van der Waals surface area contributed by atoms with Gasteiger partial charge in [-0.3, -0.25) is 9.59 Å². The lowest BCUT2D eigenvalue weighted by Gasteiger charge is -2.66. The van der Waals surface area contributed by atoms with E-state index >= 15 is 0 Å². The summed E-state index contributed by atoms with van der Waals surface area (Å²) in [6, 6.07) is 0. The fourth-order valence-electron chi connectivity index (χ4n) is 13.9. The maximum absolute atomic E-state index is 13.0. The molecule has 0 aromatic rings. The number of hydrogen-bond acceptors (Lipinski definition) is 17.